The van der Waals surface area contributed by atoms with Crippen LogP contribution in [0.15, 0.2) is 42.7 Å². The van der Waals surface area contributed by atoms with Gasteiger partial charge in [-0.25, -0.2) is 8.78 Å². The van der Waals surface area contributed by atoms with Crippen LogP contribution >= 0.6 is 0 Å². The van der Waals surface area contributed by atoms with Crippen molar-refractivity contribution in [3.63, 3.8) is 0 Å². The third kappa shape index (κ3) is 5.71. The molecule has 10 heteroatoms. The minimum Gasteiger partial charge on any atom is -0.362 e. The Morgan fingerprint density at radius 2 is 1.78 bits per heavy atom. The molecule has 1 heterocycles. The number of benzene rings is 1. The monoisotopic (exact) mass is 356 g/mol. The molecule has 0 aromatic heterocycles. The van der Waals surface area contributed by atoms with Gasteiger partial charge in [0.05, 0.1) is 6.67 Å². The molecule has 0 amide bonds. The highest BCUT2D eigenvalue weighted by atomic mass is 32.2. The molecule has 0 fully saturated rings. The highest BCUT2D eigenvalue weighted by Crippen LogP contribution is 2.27. The molecule has 0 saturated heterocycles. The lowest BCUT2D eigenvalue weighted by atomic mass is 10.2. The van der Waals surface area contributed by atoms with E-state index in [1.807, 2.05) is 0 Å². The van der Waals surface area contributed by atoms with Gasteiger partial charge in [-0.2, -0.15) is 17.2 Å². The van der Waals surface area contributed by atoms with E-state index in [2.05, 4.69) is 59.6 Å². The van der Waals surface area contributed by atoms with Gasteiger partial charge >= 0.3 is 21.8 Å². The van der Waals surface area contributed by atoms with E-state index in [4.69, 9.17) is 4.55 Å². The van der Waals surface area contributed by atoms with Crippen molar-refractivity contribution in [3.8, 4) is 0 Å². The molecule has 0 unspecified atom stereocenters. The average molecular weight is 356 g/mol. The molecule has 1 aliphatic heterocycles. The summed E-state index contributed by atoms with van der Waals surface area (Å²) in [5, 5.41) is -5.37. The maximum atomic E-state index is 11.5. The van der Waals surface area contributed by atoms with Gasteiger partial charge in [0.1, 0.15) is 0 Å². The van der Waals surface area contributed by atoms with Crippen LogP contribution in [0.1, 0.15) is 5.56 Å². The fourth-order valence-electron chi connectivity index (χ4n) is 1.62. The first-order valence-electron chi connectivity index (χ1n) is 6.33. The Balaban J connectivity index is 0.000000241. The minimum absolute atomic E-state index is 0.995. The summed E-state index contributed by atoms with van der Waals surface area (Å²) in [5.41, 5.74) is 1.36. The van der Waals surface area contributed by atoms with Crippen LogP contribution < -0.4 is 0 Å². The Bertz CT molecular complexity index is 623. The second-order valence-corrected chi connectivity index (χ2v) is 6.26. The van der Waals surface area contributed by atoms with Gasteiger partial charge in [0, 0.05) is 26.0 Å². The average Bonchev–Trinajstić information content (AvgIpc) is 2.84. The molecule has 1 N–H and O–H groups in total. The van der Waals surface area contributed by atoms with E-state index in [9.17, 15) is 26.0 Å². The molecular weight excluding hydrogens is 340 g/mol. The van der Waals surface area contributed by atoms with Crippen LogP contribution in [0.4, 0.5) is 17.6 Å². The summed E-state index contributed by atoms with van der Waals surface area (Å²) in [5.74, 6) is 0. The summed E-state index contributed by atoms with van der Waals surface area (Å²) in [4.78, 5) is 4.46. The van der Waals surface area contributed by atoms with Crippen molar-refractivity contribution in [2.75, 3.05) is 13.7 Å². The smallest absolute Gasteiger partial charge is 0.362 e. The Morgan fingerprint density at radius 1 is 1.22 bits per heavy atom. The topological polar surface area (TPSA) is 60.9 Å². The fourth-order valence-corrected chi connectivity index (χ4v) is 1.85. The van der Waals surface area contributed by atoms with Crippen molar-refractivity contribution in [2.45, 2.75) is 18.2 Å². The van der Waals surface area contributed by atoms with Gasteiger partial charge in [-0.15, -0.1) is 0 Å². The third-order valence-corrected chi connectivity index (χ3v) is 3.63. The molecule has 1 aromatic rings. The zero-order chi connectivity index (χ0) is 17.7. The highest BCUT2D eigenvalue weighted by molar-refractivity contribution is 7.86. The van der Waals surface area contributed by atoms with Crippen LogP contribution in [0.2, 0.25) is 0 Å². The lowest BCUT2D eigenvalue weighted by Crippen LogP contribution is -2.35. The van der Waals surface area contributed by atoms with E-state index in [1.54, 1.807) is 0 Å². The number of halogens is 4. The van der Waals surface area contributed by atoms with Gasteiger partial charge in [0.2, 0.25) is 0 Å². The zero-order valence-electron chi connectivity index (χ0n) is 12.1. The van der Waals surface area contributed by atoms with Crippen LogP contribution in [0, 0.1) is 0 Å². The second-order valence-electron chi connectivity index (χ2n) is 4.77. The lowest BCUT2D eigenvalue weighted by molar-refractivity contribution is -0.0687. The first-order chi connectivity index (χ1) is 10.5. The van der Waals surface area contributed by atoms with Gasteiger partial charge in [-0.1, -0.05) is 30.3 Å². The molecule has 130 valence electrons. The van der Waals surface area contributed by atoms with E-state index in [0.29, 0.717) is 0 Å². The maximum absolute atomic E-state index is 11.5. The molecular formula is C13H16F4N2O3S. The number of rotatable bonds is 4. The fraction of sp³-hybridized carbons (Fsp3) is 0.385. The largest absolute Gasteiger partial charge is 0.428 e. The number of hydrogen-bond acceptors (Lipinski definition) is 4. The standard InChI is InChI=1S/C11H14N2.C2H2F4O3S/c1-12-7-8-13(10-12)9-11-5-3-2-4-6-11;3-1(4)2(5,6)10(7,8)9/h2-8H,9-10H2,1H3;1H,(H,7,8,9). The molecule has 1 aromatic carbocycles. The molecule has 0 bridgehead atoms. The number of hydrogen-bond donors (Lipinski definition) is 1. The molecule has 5 nitrogen and oxygen atoms in total. The molecule has 0 saturated carbocycles. The quantitative estimate of drug-likeness (QED) is 0.664. The van der Waals surface area contributed by atoms with Crippen LogP contribution in [0.25, 0.3) is 0 Å². The minimum atomic E-state index is -5.98. The Labute approximate surface area is 131 Å². The summed E-state index contributed by atoms with van der Waals surface area (Å²) >= 11 is 0. The Kier molecular flexibility index (Phi) is 6.39. The van der Waals surface area contributed by atoms with Crippen LogP contribution in [0.3, 0.4) is 0 Å². The first kappa shape index (κ1) is 19.2. The summed E-state index contributed by atoms with van der Waals surface area (Å²) in [7, 11) is -3.90. The summed E-state index contributed by atoms with van der Waals surface area (Å²) in [6, 6.07) is 10.5. The Morgan fingerprint density at radius 3 is 2.13 bits per heavy atom. The van der Waals surface area contributed by atoms with Crippen molar-refractivity contribution in [3.05, 3.63) is 48.3 Å². The molecule has 0 radical (unpaired) electrons. The highest BCUT2D eigenvalue weighted by Gasteiger charge is 2.53. The van der Waals surface area contributed by atoms with Crippen molar-refractivity contribution in [1.82, 2.24) is 9.80 Å². The van der Waals surface area contributed by atoms with Gasteiger partial charge in [-0.3, -0.25) is 4.55 Å². The summed E-state index contributed by atoms with van der Waals surface area (Å²) in [6.07, 6.45) is -0.182. The Hall–Kier alpha value is -1.81. The van der Waals surface area contributed by atoms with Crippen molar-refractivity contribution in [1.29, 1.82) is 0 Å². The number of alkyl halides is 4. The van der Waals surface area contributed by atoms with E-state index in [1.165, 1.54) is 5.56 Å². The van der Waals surface area contributed by atoms with Gasteiger partial charge in [-0.05, 0) is 5.56 Å². The summed E-state index contributed by atoms with van der Waals surface area (Å²) in [6.45, 7) is 2.00. The summed E-state index contributed by atoms with van der Waals surface area (Å²) < 4.78 is 71.3. The van der Waals surface area contributed by atoms with Gasteiger partial charge < -0.3 is 9.80 Å². The molecule has 0 spiro atoms. The molecule has 0 atom stereocenters. The molecule has 0 aliphatic carbocycles. The predicted molar refractivity (Wildman–Crippen MR) is 76.3 cm³/mol. The van der Waals surface area contributed by atoms with Crippen molar-refractivity contribution in [2.24, 2.45) is 0 Å². The molecule has 23 heavy (non-hydrogen) atoms. The van der Waals surface area contributed by atoms with Gasteiger partial charge in [0.25, 0.3) is 0 Å². The van der Waals surface area contributed by atoms with E-state index < -0.39 is 21.8 Å². The first-order valence-corrected chi connectivity index (χ1v) is 7.77. The molecule has 2 rings (SSSR count). The maximum Gasteiger partial charge on any atom is 0.428 e. The van der Waals surface area contributed by atoms with Crippen LogP contribution in [0.5, 0.6) is 0 Å². The number of nitrogens with zero attached hydrogens (tertiary/aromatic N) is 2. The second kappa shape index (κ2) is 7.64. The lowest BCUT2D eigenvalue weighted by Gasteiger charge is -2.17. The van der Waals surface area contributed by atoms with E-state index in [-0.39, 0.29) is 0 Å². The normalized spacial score (nSPS) is 14.9. The zero-order valence-corrected chi connectivity index (χ0v) is 12.9. The third-order valence-electron chi connectivity index (χ3n) is 2.76. The van der Waals surface area contributed by atoms with Crippen LogP contribution in [-0.2, 0) is 16.7 Å². The predicted octanol–water partition coefficient (Wildman–Crippen LogP) is 2.59. The van der Waals surface area contributed by atoms with Crippen molar-refractivity contribution >= 4 is 10.1 Å². The molecule has 1 aliphatic rings. The van der Waals surface area contributed by atoms with Crippen LogP contribution in [-0.4, -0.2) is 48.2 Å². The SMILES string of the molecule is CN1C=CN(Cc2ccccc2)C1.O=S(=O)(O)C(F)(F)C(F)F. The van der Waals surface area contributed by atoms with Gasteiger partial charge in [0.15, 0.2) is 0 Å². The van der Waals surface area contributed by atoms with E-state index >= 15 is 0 Å². The van der Waals surface area contributed by atoms with Crippen molar-refractivity contribution < 1.29 is 30.5 Å². The van der Waals surface area contributed by atoms with E-state index in [0.717, 1.165) is 13.2 Å².